The zero-order valence-corrected chi connectivity index (χ0v) is 22.9. The van der Waals surface area contributed by atoms with Gasteiger partial charge in [-0.1, -0.05) is 51.1 Å². The van der Waals surface area contributed by atoms with Gasteiger partial charge in [-0.25, -0.2) is 0 Å². The Morgan fingerprint density at radius 2 is 1.59 bits per heavy atom. The topological polar surface area (TPSA) is 105 Å². The Labute approximate surface area is 227 Å². The second-order valence-corrected chi connectivity index (χ2v) is 10.3. The number of Topliss-reactive ketones (excluding diaryl/α,β-unsaturated/α-hetero) is 1. The molecule has 1 atom stereocenters. The summed E-state index contributed by atoms with van der Waals surface area (Å²) in [5.41, 5.74) is 2.75. The van der Waals surface area contributed by atoms with E-state index in [4.69, 9.17) is 9.47 Å². The standard InChI is InChI=1S/C31H32N2O6/c1-18(34)32-22-8-7-9-23(17-22)33-27(19-10-13-21(14-11-19)31(2,3)4)26(29(36)30(33)37)28(35)20-12-15-24(38-5)25(16-20)39-6/h7-17,27,35H,1-6H3,(H,32,34)/b28-26+. The molecule has 2 N–H and O–H groups in total. The van der Waals surface area contributed by atoms with Gasteiger partial charge in [-0.2, -0.15) is 0 Å². The molecule has 4 rings (SSSR count). The number of anilines is 2. The van der Waals surface area contributed by atoms with E-state index in [1.807, 2.05) is 24.3 Å². The van der Waals surface area contributed by atoms with Crippen LogP contribution in [0.3, 0.4) is 0 Å². The molecule has 1 heterocycles. The summed E-state index contributed by atoms with van der Waals surface area (Å²) >= 11 is 0. The smallest absolute Gasteiger partial charge is 0.300 e. The highest BCUT2D eigenvalue weighted by Gasteiger charge is 2.47. The van der Waals surface area contributed by atoms with Crippen LogP contribution in [0, 0.1) is 0 Å². The lowest BCUT2D eigenvalue weighted by Crippen LogP contribution is -2.29. The molecule has 1 aliphatic heterocycles. The molecule has 8 heteroatoms. The Morgan fingerprint density at radius 1 is 0.923 bits per heavy atom. The average Bonchev–Trinajstić information content (AvgIpc) is 3.17. The number of benzene rings is 3. The molecule has 1 saturated heterocycles. The zero-order valence-electron chi connectivity index (χ0n) is 22.9. The largest absolute Gasteiger partial charge is 0.507 e. The molecule has 0 aromatic heterocycles. The van der Waals surface area contributed by atoms with Crippen molar-refractivity contribution in [2.24, 2.45) is 0 Å². The summed E-state index contributed by atoms with van der Waals surface area (Å²) in [5, 5.41) is 14.2. The number of nitrogens with zero attached hydrogens (tertiary/aromatic N) is 1. The van der Waals surface area contributed by atoms with Crippen molar-refractivity contribution < 1.29 is 29.0 Å². The normalized spacial score (nSPS) is 16.8. The first kappa shape index (κ1) is 27.4. The van der Waals surface area contributed by atoms with E-state index in [1.165, 1.54) is 26.0 Å². The van der Waals surface area contributed by atoms with E-state index in [9.17, 15) is 19.5 Å². The Balaban J connectivity index is 1.93. The fraction of sp³-hybridized carbons (Fsp3) is 0.258. The fourth-order valence-electron chi connectivity index (χ4n) is 4.66. The number of ether oxygens (including phenoxy) is 2. The molecule has 2 amide bonds. The van der Waals surface area contributed by atoms with Crippen LogP contribution >= 0.6 is 0 Å². The summed E-state index contributed by atoms with van der Waals surface area (Å²) in [4.78, 5) is 40.0. The third-order valence-electron chi connectivity index (χ3n) is 6.64. The molecule has 3 aromatic carbocycles. The van der Waals surface area contributed by atoms with Crippen molar-refractivity contribution in [1.29, 1.82) is 0 Å². The van der Waals surface area contributed by atoms with Gasteiger partial charge < -0.3 is 19.9 Å². The number of aliphatic hydroxyl groups is 1. The van der Waals surface area contributed by atoms with Crippen molar-refractivity contribution in [2.75, 3.05) is 24.4 Å². The van der Waals surface area contributed by atoms with E-state index in [1.54, 1.807) is 42.5 Å². The van der Waals surface area contributed by atoms with E-state index in [0.717, 1.165) is 5.56 Å². The van der Waals surface area contributed by atoms with Gasteiger partial charge >= 0.3 is 0 Å². The van der Waals surface area contributed by atoms with Gasteiger partial charge in [0.15, 0.2) is 11.5 Å². The number of ketones is 1. The first-order chi connectivity index (χ1) is 18.5. The molecule has 3 aromatic rings. The van der Waals surface area contributed by atoms with E-state index in [2.05, 4.69) is 26.1 Å². The first-order valence-corrected chi connectivity index (χ1v) is 12.5. The number of carbonyl (C=O) groups is 3. The van der Waals surface area contributed by atoms with Gasteiger partial charge in [-0.15, -0.1) is 0 Å². The molecule has 1 fully saturated rings. The monoisotopic (exact) mass is 528 g/mol. The van der Waals surface area contributed by atoms with Crippen molar-refractivity contribution in [3.05, 3.63) is 89.0 Å². The molecule has 39 heavy (non-hydrogen) atoms. The fourth-order valence-corrected chi connectivity index (χ4v) is 4.66. The maximum absolute atomic E-state index is 13.5. The van der Waals surface area contributed by atoms with Crippen LogP contribution in [0.4, 0.5) is 11.4 Å². The molecule has 1 unspecified atom stereocenters. The van der Waals surface area contributed by atoms with E-state index in [-0.39, 0.29) is 22.7 Å². The average molecular weight is 529 g/mol. The zero-order chi connectivity index (χ0) is 28.5. The number of aliphatic hydroxyl groups excluding tert-OH is 1. The Morgan fingerprint density at radius 3 is 2.18 bits per heavy atom. The molecule has 0 spiro atoms. The number of hydrogen-bond acceptors (Lipinski definition) is 6. The number of rotatable bonds is 6. The van der Waals surface area contributed by atoms with Crippen LogP contribution in [-0.4, -0.2) is 36.9 Å². The highest BCUT2D eigenvalue weighted by atomic mass is 16.5. The second kappa shape index (κ2) is 10.6. The van der Waals surface area contributed by atoms with Crippen molar-refractivity contribution in [3.63, 3.8) is 0 Å². The highest BCUT2D eigenvalue weighted by molar-refractivity contribution is 6.51. The minimum atomic E-state index is -0.917. The quantitative estimate of drug-likeness (QED) is 0.246. The van der Waals surface area contributed by atoms with Gasteiger partial charge in [-0.05, 0) is 52.9 Å². The Kier molecular flexibility index (Phi) is 7.49. The van der Waals surface area contributed by atoms with Crippen LogP contribution in [0.15, 0.2) is 72.3 Å². The molecular weight excluding hydrogens is 496 g/mol. The highest BCUT2D eigenvalue weighted by Crippen LogP contribution is 2.43. The number of methoxy groups -OCH3 is 2. The van der Waals surface area contributed by atoms with E-state index >= 15 is 0 Å². The number of amides is 2. The van der Waals surface area contributed by atoms with Crippen LogP contribution in [-0.2, 0) is 19.8 Å². The predicted octanol–water partition coefficient (Wildman–Crippen LogP) is 5.59. The predicted molar refractivity (Wildman–Crippen MR) is 150 cm³/mol. The van der Waals surface area contributed by atoms with Gasteiger partial charge in [0.2, 0.25) is 5.91 Å². The summed E-state index contributed by atoms with van der Waals surface area (Å²) < 4.78 is 10.7. The van der Waals surface area contributed by atoms with Crippen LogP contribution in [0.25, 0.3) is 5.76 Å². The lowest BCUT2D eigenvalue weighted by Gasteiger charge is -2.27. The third-order valence-corrected chi connectivity index (χ3v) is 6.64. The minimum absolute atomic E-state index is 0.0549. The van der Waals surface area contributed by atoms with Crippen LogP contribution in [0.1, 0.15) is 50.4 Å². The minimum Gasteiger partial charge on any atom is -0.507 e. The molecule has 0 bridgehead atoms. The van der Waals surface area contributed by atoms with Crippen molar-refractivity contribution in [3.8, 4) is 11.5 Å². The summed E-state index contributed by atoms with van der Waals surface area (Å²) in [7, 11) is 2.97. The molecule has 1 aliphatic rings. The summed E-state index contributed by atoms with van der Waals surface area (Å²) in [6.45, 7) is 7.68. The summed E-state index contributed by atoms with van der Waals surface area (Å²) in [6.07, 6.45) is 0. The van der Waals surface area contributed by atoms with Crippen LogP contribution in [0.5, 0.6) is 11.5 Å². The van der Waals surface area contributed by atoms with Crippen LogP contribution < -0.4 is 19.7 Å². The third kappa shape index (κ3) is 5.36. The summed E-state index contributed by atoms with van der Waals surface area (Å²) in [6, 6.07) is 18.2. The van der Waals surface area contributed by atoms with Crippen molar-refractivity contribution in [2.45, 2.75) is 39.2 Å². The number of nitrogens with one attached hydrogen (secondary N) is 1. The van der Waals surface area contributed by atoms with Crippen molar-refractivity contribution >= 4 is 34.7 Å². The maximum Gasteiger partial charge on any atom is 0.300 e. The van der Waals surface area contributed by atoms with Crippen LogP contribution in [0.2, 0.25) is 0 Å². The SMILES string of the molecule is COc1ccc(/C(O)=C2\C(=O)C(=O)N(c3cccc(NC(C)=O)c3)C2c2ccc(C(C)(C)C)cc2)cc1OC. The Bertz CT molecular complexity index is 1470. The maximum atomic E-state index is 13.5. The molecule has 202 valence electrons. The lowest BCUT2D eigenvalue weighted by atomic mass is 9.85. The molecule has 0 aliphatic carbocycles. The molecular formula is C31H32N2O6. The second-order valence-electron chi connectivity index (χ2n) is 10.3. The summed E-state index contributed by atoms with van der Waals surface area (Å²) in [5.74, 6) is -1.39. The van der Waals surface area contributed by atoms with E-state index in [0.29, 0.717) is 34.0 Å². The van der Waals surface area contributed by atoms with E-state index < -0.39 is 17.7 Å². The lowest BCUT2D eigenvalue weighted by molar-refractivity contribution is -0.132. The first-order valence-electron chi connectivity index (χ1n) is 12.5. The Hall–Kier alpha value is -4.59. The van der Waals surface area contributed by atoms with Crippen molar-refractivity contribution in [1.82, 2.24) is 0 Å². The molecule has 8 nitrogen and oxygen atoms in total. The molecule has 0 saturated carbocycles. The number of hydrogen-bond donors (Lipinski definition) is 2. The van der Waals surface area contributed by atoms with Gasteiger partial charge in [0.1, 0.15) is 5.76 Å². The van der Waals surface area contributed by atoms with Gasteiger partial charge in [0.05, 0.1) is 25.8 Å². The molecule has 0 radical (unpaired) electrons. The van der Waals surface area contributed by atoms with Gasteiger partial charge in [0, 0.05) is 23.9 Å². The van der Waals surface area contributed by atoms with Gasteiger partial charge in [0.25, 0.3) is 11.7 Å². The van der Waals surface area contributed by atoms with Gasteiger partial charge in [-0.3, -0.25) is 19.3 Å². The number of carbonyl (C=O) groups excluding carboxylic acids is 3.